The lowest BCUT2D eigenvalue weighted by molar-refractivity contribution is 0.332. The summed E-state index contributed by atoms with van der Waals surface area (Å²) < 4.78 is 32.2. The van der Waals surface area contributed by atoms with E-state index in [0.29, 0.717) is 5.56 Å². The second-order valence-electron chi connectivity index (χ2n) is 4.18. The second kappa shape index (κ2) is 4.98. The van der Waals surface area contributed by atoms with Gasteiger partial charge in [-0.1, -0.05) is 0 Å². The third-order valence-electron chi connectivity index (χ3n) is 3.06. The molecule has 0 bridgehead atoms. The Bertz CT molecular complexity index is 412. The molecule has 0 saturated carbocycles. The molecule has 2 rings (SSSR count). The molecule has 0 aromatic heterocycles. The fourth-order valence-electron chi connectivity index (χ4n) is 2.14. The molecule has 5 heteroatoms. The van der Waals surface area contributed by atoms with Crippen LogP contribution in [0.3, 0.4) is 0 Å². The average Bonchev–Trinajstić information content (AvgIpc) is 2.32. The van der Waals surface area contributed by atoms with E-state index in [9.17, 15) is 8.78 Å². The molecule has 1 aliphatic heterocycles. The Labute approximate surface area is 99.2 Å². The average molecular weight is 242 g/mol. The molecule has 1 fully saturated rings. The second-order valence-corrected chi connectivity index (χ2v) is 4.18. The number of hydrogen-bond acceptors (Lipinski definition) is 3. The first kappa shape index (κ1) is 12.3. The van der Waals surface area contributed by atoms with E-state index in [1.54, 1.807) is 0 Å². The Morgan fingerprint density at radius 3 is 2.53 bits per heavy atom. The molecule has 2 unspecified atom stereocenters. The van der Waals surface area contributed by atoms with Gasteiger partial charge in [0.2, 0.25) is 0 Å². The van der Waals surface area contributed by atoms with Gasteiger partial charge < -0.3 is 15.4 Å². The number of ether oxygens (including phenoxy) is 1. The Morgan fingerprint density at radius 1 is 1.18 bits per heavy atom. The molecule has 0 radical (unpaired) electrons. The summed E-state index contributed by atoms with van der Waals surface area (Å²) in [6.07, 6.45) is 0. The monoisotopic (exact) mass is 242 g/mol. The first-order chi connectivity index (χ1) is 8.13. The van der Waals surface area contributed by atoms with Crippen molar-refractivity contribution in [2.24, 2.45) is 0 Å². The van der Waals surface area contributed by atoms with Crippen LogP contribution in [-0.2, 0) is 0 Å². The highest BCUT2D eigenvalue weighted by Crippen LogP contribution is 2.27. The quantitative estimate of drug-likeness (QED) is 0.826. The number of methoxy groups -OCH3 is 1. The van der Waals surface area contributed by atoms with Gasteiger partial charge in [-0.2, -0.15) is 0 Å². The maximum atomic E-state index is 13.9. The van der Waals surface area contributed by atoms with Gasteiger partial charge in [-0.3, -0.25) is 0 Å². The van der Waals surface area contributed by atoms with Crippen molar-refractivity contribution in [1.82, 2.24) is 10.6 Å². The number of benzene rings is 1. The van der Waals surface area contributed by atoms with E-state index in [1.165, 1.54) is 13.2 Å². The lowest BCUT2D eigenvalue weighted by Gasteiger charge is -2.31. The molecule has 3 nitrogen and oxygen atoms in total. The molecule has 1 heterocycles. The zero-order valence-corrected chi connectivity index (χ0v) is 9.89. The van der Waals surface area contributed by atoms with Crippen molar-refractivity contribution >= 4 is 0 Å². The molecular formula is C12H16F2N2O. The summed E-state index contributed by atoms with van der Waals surface area (Å²) in [4.78, 5) is 0. The third kappa shape index (κ3) is 2.40. The van der Waals surface area contributed by atoms with Gasteiger partial charge in [-0.05, 0) is 13.0 Å². The normalized spacial score (nSPS) is 24.7. The van der Waals surface area contributed by atoms with E-state index in [0.717, 1.165) is 19.2 Å². The summed E-state index contributed by atoms with van der Waals surface area (Å²) in [6, 6.07) is 2.14. The van der Waals surface area contributed by atoms with Crippen LogP contribution in [0.5, 0.6) is 5.75 Å². The lowest BCUT2D eigenvalue weighted by Crippen LogP contribution is -2.49. The van der Waals surface area contributed by atoms with Gasteiger partial charge in [0.25, 0.3) is 0 Å². The van der Waals surface area contributed by atoms with Crippen molar-refractivity contribution in [1.29, 1.82) is 0 Å². The van der Waals surface area contributed by atoms with Gasteiger partial charge in [0.15, 0.2) is 11.6 Å². The van der Waals surface area contributed by atoms with E-state index in [1.807, 2.05) is 6.92 Å². The molecule has 2 N–H and O–H groups in total. The molecule has 0 amide bonds. The van der Waals surface area contributed by atoms with Gasteiger partial charge in [-0.15, -0.1) is 0 Å². The predicted octanol–water partition coefficient (Wildman–Crippen LogP) is 1.60. The first-order valence-corrected chi connectivity index (χ1v) is 5.63. The van der Waals surface area contributed by atoms with Crippen molar-refractivity contribution in [2.45, 2.75) is 19.0 Å². The molecule has 1 aromatic carbocycles. The van der Waals surface area contributed by atoms with E-state index < -0.39 is 11.6 Å². The van der Waals surface area contributed by atoms with Crippen LogP contribution in [0.25, 0.3) is 0 Å². The first-order valence-electron chi connectivity index (χ1n) is 5.63. The minimum Gasteiger partial charge on any atom is -0.494 e. The molecule has 2 atom stereocenters. The highest BCUT2D eigenvalue weighted by molar-refractivity contribution is 5.33. The van der Waals surface area contributed by atoms with Gasteiger partial charge in [-0.25, -0.2) is 8.78 Å². The number of nitrogens with one attached hydrogen (secondary N) is 2. The van der Waals surface area contributed by atoms with Crippen molar-refractivity contribution in [3.05, 3.63) is 29.3 Å². The molecule has 1 aliphatic rings. The fourth-order valence-corrected chi connectivity index (χ4v) is 2.14. The van der Waals surface area contributed by atoms with Crippen LogP contribution in [-0.4, -0.2) is 26.2 Å². The van der Waals surface area contributed by atoms with E-state index >= 15 is 0 Å². The molecule has 1 aromatic rings. The van der Waals surface area contributed by atoms with Gasteiger partial charge in [0.05, 0.1) is 13.2 Å². The van der Waals surface area contributed by atoms with Crippen molar-refractivity contribution in [3.8, 4) is 5.75 Å². The van der Waals surface area contributed by atoms with Gasteiger partial charge >= 0.3 is 0 Å². The summed E-state index contributed by atoms with van der Waals surface area (Å²) in [6.45, 7) is 3.51. The zero-order chi connectivity index (χ0) is 12.4. The standard InChI is InChI=1S/C12H16F2N2O/c1-7-12(16-4-3-15-7)8-5-10(14)11(17-2)6-9(8)13/h5-7,12,15-16H,3-4H2,1-2H3. The molecule has 1 saturated heterocycles. The molecule has 17 heavy (non-hydrogen) atoms. The minimum atomic E-state index is -0.538. The Hall–Kier alpha value is -1.20. The fraction of sp³-hybridized carbons (Fsp3) is 0.500. The Kier molecular flexibility index (Phi) is 3.59. The van der Waals surface area contributed by atoms with Gasteiger partial charge in [0.1, 0.15) is 5.82 Å². The highest BCUT2D eigenvalue weighted by Gasteiger charge is 2.25. The maximum Gasteiger partial charge on any atom is 0.165 e. The molecule has 94 valence electrons. The van der Waals surface area contributed by atoms with Crippen LogP contribution < -0.4 is 15.4 Å². The molecule has 0 spiro atoms. The van der Waals surface area contributed by atoms with Crippen molar-refractivity contribution < 1.29 is 13.5 Å². The number of piperazine rings is 1. The van der Waals surface area contributed by atoms with Crippen LogP contribution >= 0.6 is 0 Å². The summed E-state index contributed by atoms with van der Waals surface area (Å²) in [5.41, 5.74) is 0.336. The van der Waals surface area contributed by atoms with Crippen LogP contribution in [0.15, 0.2) is 12.1 Å². The van der Waals surface area contributed by atoms with Crippen molar-refractivity contribution in [2.75, 3.05) is 20.2 Å². The highest BCUT2D eigenvalue weighted by atomic mass is 19.1. The maximum absolute atomic E-state index is 13.9. The van der Waals surface area contributed by atoms with E-state index in [2.05, 4.69) is 10.6 Å². The third-order valence-corrected chi connectivity index (χ3v) is 3.06. The van der Waals surface area contributed by atoms with Crippen LogP contribution in [0.4, 0.5) is 8.78 Å². The zero-order valence-electron chi connectivity index (χ0n) is 9.89. The van der Waals surface area contributed by atoms with Crippen LogP contribution in [0.2, 0.25) is 0 Å². The Morgan fingerprint density at radius 2 is 1.88 bits per heavy atom. The van der Waals surface area contributed by atoms with Gasteiger partial charge in [0, 0.05) is 30.8 Å². The topological polar surface area (TPSA) is 33.3 Å². The number of rotatable bonds is 2. The van der Waals surface area contributed by atoms with Crippen molar-refractivity contribution in [3.63, 3.8) is 0 Å². The predicted molar refractivity (Wildman–Crippen MR) is 61.1 cm³/mol. The Balaban J connectivity index is 2.34. The summed E-state index contributed by atoms with van der Waals surface area (Å²) in [5, 5.41) is 6.40. The van der Waals surface area contributed by atoms with Crippen LogP contribution in [0, 0.1) is 11.6 Å². The van der Waals surface area contributed by atoms with E-state index in [-0.39, 0.29) is 17.8 Å². The summed E-state index contributed by atoms with van der Waals surface area (Å²) in [7, 11) is 1.32. The smallest absolute Gasteiger partial charge is 0.165 e. The molecular weight excluding hydrogens is 226 g/mol. The summed E-state index contributed by atoms with van der Waals surface area (Å²) in [5.74, 6) is -1.05. The largest absolute Gasteiger partial charge is 0.494 e. The summed E-state index contributed by atoms with van der Waals surface area (Å²) >= 11 is 0. The number of halogens is 2. The molecule has 0 aliphatic carbocycles. The number of hydrogen-bond donors (Lipinski definition) is 2. The van der Waals surface area contributed by atoms with Crippen LogP contribution in [0.1, 0.15) is 18.5 Å². The van der Waals surface area contributed by atoms with E-state index in [4.69, 9.17) is 4.74 Å². The minimum absolute atomic E-state index is 0.0612. The lowest BCUT2D eigenvalue weighted by atomic mass is 9.97. The SMILES string of the molecule is COc1cc(F)c(C2NCCNC2C)cc1F.